The zero-order valence-corrected chi connectivity index (χ0v) is 25.0. The summed E-state index contributed by atoms with van der Waals surface area (Å²) in [6.07, 6.45) is 0. The number of hydrogen-bond acceptors (Lipinski definition) is 5. The van der Waals surface area contributed by atoms with Gasteiger partial charge in [-0.15, -0.1) is 5.11 Å². The van der Waals surface area contributed by atoms with Gasteiger partial charge in [-0.2, -0.15) is 5.11 Å². The summed E-state index contributed by atoms with van der Waals surface area (Å²) < 4.78 is 0. The van der Waals surface area contributed by atoms with Gasteiger partial charge in [-0.1, -0.05) is 66.7 Å². The van der Waals surface area contributed by atoms with Gasteiger partial charge < -0.3 is 14.9 Å². The standard InChI is InChI=1S/C37H40N4O/c1-5-40(6-2)32-22-15-29(16-23-32)36(30-17-24-33(25-18-30)41(7-3)8-4)28-13-20-31(21-14-28)38-39-35-26-19-27-11-9-10-12-34(27)37(35)42/h9-26,36,42H,5-8H2,1-4H3/b39-38+. The minimum Gasteiger partial charge on any atom is -0.505 e. The Morgan fingerprint density at radius 1 is 0.548 bits per heavy atom. The average Bonchev–Trinajstić information content (AvgIpc) is 3.04. The molecule has 0 aliphatic heterocycles. The number of benzene rings is 5. The van der Waals surface area contributed by atoms with Gasteiger partial charge in [0.1, 0.15) is 5.69 Å². The van der Waals surface area contributed by atoms with Crippen LogP contribution in [0.3, 0.4) is 0 Å². The van der Waals surface area contributed by atoms with Crippen molar-refractivity contribution in [2.24, 2.45) is 10.2 Å². The quantitative estimate of drug-likeness (QED) is 0.130. The van der Waals surface area contributed by atoms with E-state index in [9.17, 15) is 5.11 Å². The second-order valence-electron chi connectivity index (χ2n) is 10.4. The van der Waals surface area contributed by atoms with E-state index in [4.69, 9.17) is 0 Å². The van der Waals surface area contributed by atoms with E-state index >= 15 is 0 Å². The van der Waals surface area contributed by atoms with Crippen molar-refractivity contribution >= 4 is 33.5 Å². The number of phenols is 1. The first-order valence-electron chi connectivity index (χ1n) is 15.0. The van der Waals surface area contributed by atoms with Gasteiger partial charge >= 0.3 is 0 Å². The molecule has 0 amide bonds. The molecule has 0 bridgehead atoms. The first kappa shape index (κ1) is 28.9. The molecule has 0 aromatic heterocycles. The fourth-order valence-electron chi connectivity index (χ4n) is 5.68. The minimum atomic E-state index is 0.0806. The lowest BCUT2D eigenvalue weighted by molar-refractivity contribution is 0.482. The monoisotopic (exact) mass is 556 g/mol. The molecule has 5 aromatic rings. The molecule has 0 fully saturated rings. The second-order valence-corrected chi connectivity index (χ2v) is 10.4. The molecule has 5 nitrogen and oxygen atoms in total. The summed E-state index contributed by atoms with van der Waals surface area (Å²) in [4.78, 5) is 4.73. The summed E-state index contributed by atoms with van der Waals surface area (Å²) in [5, 5.41) is 21.3. The Labute approximate surface area is 249 Å². The smallest absolute Gasteiger partial charge is 0.150 e. The van der Waals surface area contributed by atoms with Crippen molar-refractivity contribution < 1.29 is 5.11 Å². The van der Waals surface area contributed by atoms with Crippen LogP contribution >= 0.6 is 0 Å². The second kappa shape index (κ2) is 13.3. The summed E-state index contributed by atoms with van der Waals surface area (Å²) in [6.45, 7) is 12.7. The van der Waals surface area contributed by atoms with Crippen LogP contribution in [0, 0.1) is 0 Å². The van der Waals surface area contributed by atoms with Gasteiger partial charge in [0.05, 0.1) is 5.69 Å². The molecule has 0 aliphatic carbocycles. The number of anilines is 2. The molecule has 5 aromatic carbocycles. The average molecular weight is 557 g/mol. The van der Waals surface area contributed by atoms with Gasteiger partial charge in [0.25, 0.3) is 0 Å². The molecule has 0 saturated heterocycles. The molecule has 0 heterocycles. The lowest BCUT2D eigenvalue weighted by Gasteiger charge is -2.25. The van der Waals surface area contributed by atoms with Crippen molar-refractivity contribution in [3.8, 4) is 5.75 Å². The number of aromatic hydroxyl groups is 1. The van der Waals surface area contributed by atoms with Crippen LogP contribution in [0.2, 0.25) is 0 Å². The van der Waals surface area contributed by atoms with Crippen LogP contribution in [0.1, 0.15) is 50.3 Å². The molecule has 1 N–H and O–H groups in total. The highest BCUT2D eigenvalue weighted by Crippen LogP contribution is 2.37. The maximum atomic E-state index is 10.7. The van der Waals surface area contributed by atoms with Crippen molar-refractivity contribution in [1.82, 2.24) is 0 Å². The zero-order valence-electron chi connectivity index (χ0n) is 25.0. The number of phenolic OH excluding ortho intramolecular Hbond substituents is 1. The molecule has 0 atom stereocenters. The third-order valence-corrected chi connectivity index (χ3v) is 8.09. The van der Waals surface area contributed by atoms with Gasteiger partial charge in [-0.25, -0.2) is 0 Å². The Bertz CT molecular complexity index is 1560. The Hall–Kier alpha value is -4.64. The Balaban J connectivity index is 1.46. The fraction of sp³-hybridized carbons (Fsp3) is 0.243. The van der Waals surface area contributed by atoms with E-state index in [1.54, 1.807) is 6.07 Å². The largest absolute Gasteiger partial charge is 0.505 e. The van der Waals surface area contributed by atoms with Gasteiger partial charge in [0, 0.05) is 48.9 Å². The van der Waals surface area contributed by atoms with Crippen molar-refractivity contribution in [3.63, 3.8) is 0 Å². The van der Waals surface area contributed by atoms with E-state index in [2.05, 4.69) is 108 Å². The van der Waals surface area contributed by atoms with E-state index in [0.29, 0.717) is 5.69 Å². The molecule has 5 heteroatoms. The van der Waals surface area contributed by atoms with E-state index < -0.39 is 0 Å². The number of fused-ring (bicyclic) bond motifs is 1. The number of azo groups is 1. The topological polar surface area (TPSA) is 51.4 Å². The summed E-state index contributed by atoms with van der Waals surface area (Å²) in [5.74, 6) is 0.229. The maximum absolute atomic E-state index is 10.7. The number of nitrogens with zero attached hydrogens (tertiary/aromatic N) is 4. The predicted molar refractivity (Wildman–Crippen MR) is 177 cm³/mol. The van der Waals surface area contributed by atoms with Crippen LogP contribution in [-0.2, 0) is 0 Å². The van der Waals surface area contributed by atoms with Crippen LogP contribution in [0.5, 0.6) is 5.75 Å². The zero-order chi connectivity index (χ0) is 29.5. The first-order chi connectivity index (χ1) is 20.6. The number of rotatable bonds is 11. The summed E-state index contributed by atoms with van der Waals surface area (Å²) >= 11 is 0. The lowest BCUT2D eigenvalue weighted by Crippen LogP contribution is -2.21. The predicted octanol–water partition coefficient (Wildman–Crippen LogP) is 9.83. The van der Waals surface area contributed by atoms with E-state index in [1.807, 2.05) is 42.5 Å². The fourth-order valence-corrected chi connectivity index (χ4v) is 5.68. The molecular formula is C37H40N4O. The molecule has 0 saturated carbocycles. The SMILES string of the molecule is CCN(CC)c1ccc(C(c2ccc(/N=N/c3ccc4ccccc4c3O)cc2)c2ccc(N(CC)CC)cc2)cc1. The molecule has 214 valence electrons. The molecule has 5 rings (SSSR count). The van der Waals surface area contributed by atoms with E-state index in [-0.39, 0.29) is 11.7 Å². The highest BCUT2D eigenvalue weighted by molar-refractivity contribution is 5.92. The third kappa shape index (κ3) is 6.15. The lowest BCUT2D eigenvalue weighted by atomic mass is 9.85. The Morgan fingerprint density at radius 2 is 1.02 bits per heavy atom. The van der Waals surface area contributed by atoms with Crippen LogP contribution in [-0.4, -0.2) is 31.3 Å². The first-order valence-corrected chi connectivity index (χ1v) is 15.0. The van der Waals surface area contributed by atoms with Gasteiger partial charge in [-0.3, -0.25) is 0 Å². The van der Waals surface area contributed by atoms with Crippen molar-refractivity contribution in [2.75, 3.05) is 36.0 Å². The number of hydrogen-bond donors (Lipinski definition) is 1. The van der Waals surface area contributed by atoms with Crippen LogP contribution in [0.4, 0.5) is 22.7 Å². The summed E-state index contributed by atoms with van der Waals surface area (Å²) in [5.41, 5.74) is 7.36. The highest BCUT2D eigenvalue weighted by Gasteiger charge is 2.18. The third-order valence-electron chi connectivity index (χ3n) is 8.09. The van der Waals surface area contributed by atoms with Crippen LogP contribution < -0.4 is 9.80 Å². The summed E-state index contributed by atoms with van der Waals surface area (Å²) in [6, 6.07) is 37.7. The molecule has 0 unspecified atom stereocenters. The van der Waals surface area contributed by atoms with E-state index in [0.717, 1.165) is 42.6 Å². The Morgan fingerprint density at radius 3 is 1.52 bits per heavy atom. The molecule has 0 radical (unpaired) electrons. The molecule has 0 spiro atoms. The van der Waals surface area contributed by atoms with Gasteiger partial charge in [0.15, 0.2) is 5.75 Å². The maximum Gasteiger partial charge on any atom is 0.150 e. The van der Waals surface area contributed by atoms with Crippen molar-refractivity contribution in [2.45, 2.75) is 33.6 Å². The van der Waals surface area contributed by atoms with Gasteiger partial charge in [-0.05, 0) is 92.2 Å². The minimum absolute atomic E-state index is 0.0806. The van der Waals surface area contributed by atoms with Crippen molar-refractivity contribution in [3.05, 3.63) is 126 Å². The molecule has 42 heavy (non-hydrogen) atoms. The van der Waals surface area contributed by atoms with Crippen LogP contribution in [0.25, 0.3) is 10.8 Å². The normalized spacial score (nSPS) is 11.5. The van der Waals surface area contributed by atoms with Crippen LogP contribution in [0.15, 0.2) is 119 Å². The highest BCUT2D eigenvalue weighted by atomic mass is 16.3. The van der Waals surface area contributed by atoms with Crippen molar-refractivity contribution in [1.29, 1.82) is 0 Å². The molecule has 0 aliphatic rings. The Kier molecular flexibility index (Phi) is 9.18. The van der Waals surface area contributed by atoms with E-state index in [1.165, 1.54) is 28.1 Å². The summed E-state index contributed by atoms with van der Waals surface area (Å²) in [7, 11) is 0. The van der Waals surface area contributed by atoms with Gasteiger partial charge in [0.2, 0.25) is 0 Å². The molecular weight excluding hydrogens is 516 g/mol.